The number of hydrogen-bond donors (Lipinski definition) is 1. The molecule has 3 heterocycles. The second-order valence-electron chi connectivity index (χ2n) is 8.74. The average molecular weight is 466 g/mol. The van der Waals surface area contributed by atoms with Crippen LogP contribution in [0.3, 0.4) is 0 Å². The van der Waals surface area contributed by atoms with E-state index in [1.807, 2.05) is 18.2 Å². The Morgan fingerprint density at radius 2 is 1.97 bits per heavy atom. The van der Waals surface area contributed by atoms with Gasteiger partial charge in [0.05, 0.1) is 24.5 Å². The highest BCUT2D eigenvalue weighted by molar-refractivity contribution is 5.89. The topological polar surface area (TPSA) is 88.3 Å². The number of pyridine rings is 1. The number of carbonyl (C=O) groups excluding carboxylic acids is 2. The molecule has 0 bridgehead atoms. The molecule has 2 aliphatic rings. The number of carbonyl (C=O) groups is 2. The number of aromatic nitrogens is 2. The van der Waals surface area contributed by atoms with Crippen LogP contribution in [0.2, 0.25) is 0 Å². The zero-order valence-corrected chi connectivity index (χ0v) is 18.4. The third-order valence-electron chi connectivity index (χ3n) is 6.29. The summed E-state index contributed by atoms with van der Waals surface area (Å²) in [5, 5.41) is 2.88. The van der Waals surface area contributed by atoms with Crippen molar-refractivity contribution in [3.05, 3.63) is 83.6 Å². The third kappa shape index (κ3) is 4.69. The maximum atomic E-state index is 14.7. The number of halogens is 2. The highest BCUT2D eigenvalue weighted by atomic mass is 19.1. The maximum absolute atomic E-state index is 14.7. The Bertz CT molecular complexity index is 1170. The van der Waals surface area contributed by atoms with Crippen LogP contribution in [0.15, 0.2) is 59.3 Å². The SMILES string of the molecule is O=C(NC(c1ccccc1)c1ccc(C2CC2)c(F)n1)C1CC(F)CN1C(=O)Cc1ncco1. The molecule has 2 fully saturated rings. The van der Waals surface area contributed by atoms with Crippen LogP contribution >= 0.6 is 0 Å². The third-order valence-corrected chi connectivity index (χ3v) is 6.29. The molecule has 3 atom stereocenters. The fourth-order valence-electron chi connectivity index (χ4n) is 4.41. The lowest BCUT2D eigenvalue weighted by Crippen LogP contribution is -2.47. The second-order valence-corrected chi connectivity index (χ2v) is 8.74. The molecule has 7 nitrogen and oxygen atoms in total. The van der Waals surface area contributed by atoms with Crippen molar-refractivity contribution in [2.75, 3.05) is 6.54 Å². The van der Waals surface area contributed by atoms with E-state index in [2.05, 4.69) is 15.3 Å². The first-order valence-electron chi connectivity index (χ1n) is 11.3. The molecule has 1 N–H and O–H groups in total. The summed E-state index contributed by atoms with van der Waals surface area (Å²) in [6, 6.07) is 10.7. The molecular formula is C25H24F2N4O3. The largest absolute Gasteiger partial charge is 0.448 e. The van der Waals surface area contributed by atoms with Gasteiger partial charge in [-0.1, -0.05) is 36.4 Å². The number of amides is 2. The Balaban J connectivity index is 1.38. The van der Waals surface area contributed by atoms with Gasteiger partial charge in [-0.2, -0.15) is 4.39 Å². The minimum absolute atomic E-state index is 0.118. The van der Waals surface area contributed by atoms with Crippen LogP contribution in [-0.2, 0) is 16.0 Å². The highest BCUT2D eigenvalue weighted by Gasteiger charge is 2.41. The summed E-state index contributed by atoms with van der Waals surface area (Å²) in [5.41, 5.74) is 1.63. The van der Waals surface area contributed by atoms with Crippen LogP contribution in [0.1, 0.15) is 53.9 Å². The summed E-state index contributed by atoms with van der Waals surface area (Å²) >= 11 is 0. The molecule has 0 spiro atoms. The summed E-state index contributed by atoms with van der Waals surface area (Å²) in [6.07, 6.45) is 3.04. The lowest BCUT2D eigenvalue weighted by molar-refractivity contribution is -0.138. The first-order chi connectivity index (χ1) is 16.5. The Morgan fingerprint density at radius 3 is 2.65 bits per heavy atom. The molecule has 176 valence electrons. The standard InChI is InChI=1S/C25H24F2N4O3/c26-17-12-20(31(14-17)22(32)13-21-28-10-11-34-21)25(33)30-23(16-4-2-1-3-5-16)19-9-8-18(15-6-7-15)24(27)29-19/h1-5,8-11,15,17,20,23H,6-7,12-14H2,(H,30,33). The summed E-state index contributed by atoms with van der Waals surface area (Å²) in [7, 11) is 0. The minimum Gasteiger partial charge on any atom is -0.448 e. The molecule has 5 rings (SSSR count). The van der Waals surface area contributed by atoms with Gasteiger partial charge in [0.15, 0.2) is 0 Å². The van der Waals surface area contributed by atoms with Crippen LogP contribution in [0.5, 0.6) is 0 Å². The van der Waals surface area contributed by atoms with E-state index in [0.717, 1.165) is 12.8 Å². The monoisotopic (exact) mass is 466 g/mol. The number of likely N-dealkylation sites (tertiary alicyclic amines) is 1. The van der Waals surface area contributed by atoms with Gasteiger partial charge in [0, 0.05) is 12.0 Å². The fourth-order valence-corrected chi connectivity index (χ4v) is 4.41. The van der Waals surface area contributed by atoms with Gasteiger partial charge in [-0.15, -0.1) is 0 Å². The van der Waals surface area contributed by atoms with Crippen LogP contribution in [0.4, 0.5) is 8.78 Å². The van der Waals surface area contributed by atoms with Crippen molar-refractivity contribution in [1.82, 2.24) is 20.2 Å². The predicted octanol–water partition coefficient (Wildman–Crippen LogP) is 3.47. The number of benzene rings is 1. The quantitative estimate of drug-likeness (QED) is 0.539. The van der Waals surface area contributed by atoms with Crippen molar-refractivity contribution in [2.45, 2.75) is 49.9 Å². The number of alkyl halides is 1. The van der Waals surface area contributed by atoms with E-state index in [-0.39, 0.29) is 31.2 Å². The molecule has 9 heteroatoms. The fraction of sp³-hybridized carbons (Fsp3) is 0.360. The minimum atomic E-state index is -1.33. The van der Waals surface area contributed by atoms with Crippen LogP contribution in [0.25, 0.3) is 0 Å². The molecule has 1 saturated carbocycles. The zero-order chi connectivity index (χ0) is 23.7. The zero-order valence-electron chi connectivity index (χ0n) is 18.4. The maximum Gasteiger partial charge on any atom is 0.243 e. The molecular weight excluding hydrogens is 442 g/mol. The summed E-state index contributed by atoms with van der Waals surface area (Å²) in [5.74, 6) is -1.11. The van der Waals surface area contributed by atoms with E-state index in [1.54, 1.807) is 24.3 Å². The Morgan fingerprint density at radius 1 is 1.18 bits per heavy atom. The molecule has 1 saturated heterocycles. The smallest absolute Gasteiger partial charge is 0.243 e. The molecule has 3 aromatic rings. The highest BCUT2D eigenvalue weighted by Crippen LogP contribution is 2.41. The lowest BCUT2D eigenvalue weighted by atomic mass is 10.0. The molecule has 1 aliphatic carbocycles. The molecule has 1 aliphatic heterocycles. The molecule has 3 unspecified atom stereocenters. The van der Waals surface area contributed by atoms with Gasteiger partial charge in [-0.3, -0.25) is 9.59 Å². The average Bonchev–Trinajstić information content (AvgIpc) is 3.40. The molecule has 2 amide bonds. The van der Waals surface area contributed by atoms with E-state index in [1.165, 1.54) is 17.4 Å². The van der Waals surface area contributed by atoms with E-state index in [0.29, 0.717) is 16.8 Å². The van der Waals surface area contributed by atoms with E-state index < -0.39 is 36.0 Å². The van der Waals surface area contributed by atoms with E-state index in [4.69, 9.17) is 4.42 Å². The first kappa shape index (κ1) is 22.2. The van der Waals surface area contributed by atoms with Crippen molar-refractivity contribution < 1.29 is 22.8 Å². The number of rotatable bonds is 7. The Labute approximate surface area is 195 Å². The van der Waals surface area contributed by atoms with Crippen LogP contribution in [-0.4, -0.2) is 45.4 Å². The van der Waals surface area contributed by atoms with E-state index >= 15 is 0 Å². The van der Waals surface area contributed by atoms with Crippen molar-refractivity contribution >= 4 is 11.8 Å². The molecule has 2 aromatic heterocycles. The van der Waals surface area contributed by atoms with Gasteiger partial charge >= 0.3 is 0 Å². The van der Waals surface area contributed by atoms with Gasteiger partial charge in [-0.25, -0.2) is 14.4 Å². The van der Waals surface area contributed by atoms with E-state index in [9.17, 15) is 18.4 Å². The summed E-state index contributed by atoms with van der Waals surface area (Å²) in [6.45, 7) is -0.184. The number of nitrogens with one attached hydrogen (secondary N) is 1. The van der Waals surface area contributed by atoms with Crippen molar-refractivity contribution in [2.24, 2.45) is 0 Å². The van der Waals surface area contributed by atoms with Crippen molar-refractivity contribution in [1.29, 1.82) is 0 Å². The first-order valence-corrected chi connectivity index (χ1v) is 11.3. The van der Waals surface area contributed by atoms with Gasteiger partial charge in [0.1, 0.15) is 24.9 Å². The predicted molar refractivity (Wildman–Crippen MR) is 118 cm³/mol. The number of oxazole rings is 1. The molecule has 34 heavy (non-hydrogen) atoms. The number of nitrogens with zero attached hydrogens (tertiary/aromatic N) is 3. The second kappa shape index (κ2) is 9.32. The molecule has 0 radical (unpaired) electrons. The van der Waals surface area contributed by atoms with Crippen LogP contribution < -0.4 is 5.32 Å². The lowest BCUT2D eigenvalue weighted by Gasteiger charge is -2.26. The molecule has 1 aromatic carbocycles. The van der Waals surface area contributed by atoms with Crippen LogP contribution in [0, 0.1) is 5.95 Å². The normalized spacial score (nSPS) is 20.8. The summed E-state index contributed by atoms with van der Waals surface area (Å²) < 4.78 is 34.1. The van der Waals surface area contributed by atoms with Gasteiger partial charge in [0.2, 0.25) is 23.7 Å². The number of hydrogen-bond acceptors (Lipinski definition) is 5. The Hall–Kier alpha value is -3.62. The van der Waals surface area contributed by atoms with Gasteiger partial charge < -0.3 is 14.6 Å². The van der Waals surface area contributed by atoms with Gasteiger partial charge in [0.25, 0.3) is 0 Å². The van der Waals surface area contributed by atoms with Crippen molar-refractivity contribution in [3.63, 3.8) is 0 Å². The van der Waals surface area contributed by atoms with Gasteiger partial charge in [-0.05, 0) is 30.4 Å². The summed E-state index contributed by atoms with van der Waals surface area (Å²) in [4.78, 5) is 35.4. The van der Waals surface area contributed by atoms with Crippen molar-refractivity contribution in [3.8, 4) is 0 Å². The Kier molecular flexibility index (Phi) is 6.08.